The molecule has 1 aliphatic rings. The topological polar surface area (TPSA) is 70.5 Å². The molecule has 144 valence electrons. The van der Waals surface area contributed by atoms with Crippen LogP contribution in [0.25, 0.3) is 5.76 Å². The second-order valence-corrected chi connectivity index (χ2v) is 7.23. The third-order valence-electron chi connectivity index (χ3n) is 4.86. The molecule has 1 unspecified atom stereocenters. The Bertz CT molecular complexity index is 1120. The molecule has 29 heavy (non-hydrogen) atoms. The molecule has 5 nitrogen and oxygen atoms in total. The summed E-state index contributed by atoms with van der Waals surface area (Å²) in [5.41, 5.74) is 2.66. The number of hydrogen-bond donors (Lipinski definition) is 1. The predicted molar refractivity (Wildman–Crippen MR) is 112 cm³/mol. The molecule has 1 fully saturated rings. The minimum atomic E-state index is -0.768. The summed E-state index contributed by atoms with van der Waals surface area (Å²) in [5.74, 6) is -1.66. The molecule has 0 bridgehead atoms. The van der Waals surface area contributed by atoms with Gasteiger partial charge in [-0.15, -0.1) is 0 Å². The highest BCUT2D eigenvalue weighted by molar-refractivity contribution is 6.51. The van der Waals surface area contributed by atoms with E-state index in [9.17, 15) is 14.7 Å². The van der Waals surface area contributed by atoms with Crippen LogP contribution in [0, 0.1) is 6.92 Å². The van der Waals surface area contributed by atoms with E-state index < -0.39 is 17.7 Å². The van der Waals surface area contributed by atoms with Crippen LogP contribution in [0.15, 0.2) is 78.6 Å². The first-order chi connectivity index (χ1) is 14.0. The number of aryl methyl sites for hydroxylation is 1. The number of pyridine rings is 1. The number of amides is 1. The highest BCUT2D eigenvalue weighted by Gasteiger charge is 2.46. The van der Waals surface area contributed by atoms with Crippen LogP contribution >= 0.6 is 11.6 Å². The molecule has 2 aromatic carbocycles. The molecule has 1 aromatic heterocycles. The van der Waals surface area contributed by atoms with Gasteiger partial charge in [-0.1, -0.05) is 23.7 Å². The molecule has 4 rings (SSSR count). The highest BCUT2D eigenvalue weighted by atomic mass is 35.5. The Morgan fingerprint density at radius 1 is 1.03 bits per heavy atom. The van der Waals surface area contributed by atoms with Gasteiger partial charge in [-0.05, 0) is 66.6 Å². The van der Waals surface area contributed by atoms with E-state index in [-0.39, 0.29) is 11.3 Å². The molecule has 0 spiro atoms. The number of rotatable bonds is 3. The Kier molecular flexibility index (Phi) is 4.91. The van der Waals surface area contributed by atoms with Crippen LogP contribution in [-0.2, 0) is 9.59 Å². The fourth-order valence-electron chi connectivity index (χ4n) is 3.50. The Balaban J connectivity index is 1.94. The van der Waals surface area contributed by atoms with E-state index in [1.165, 1.54) is 4.90 Å². The number of aliphatic hydroxyl groups is 1. The Hall–Kier alpha value is -3.44. The summed E-state index contributed by atoms with van der Waals surface area (Å²) in [6.07, 6.45) is 3.18. The number of ketones is 1. The zero-order chi connectivity index (χ0) is 20.5. The van der Waals surface area contributed by atoms with Gasteiger partial charge in [-0.3, -0.25) is 19.5 Å². The van der Waals surface area contributed by atoms with Crippen LogP contribution in [-0.4, -0.2) is 21.8 Å². The maximum atomic E-state index is 13.0. The number of carbonyl (C=O) groups is 2. The molecule has 1 aliphatic heterocycles. The fourth-order valence-corrected chi connectivity index (χ4v) is 3.63. The van der Waals surface area contributed by atoms with Crippen LogP contribution in [0.4, 0.5) is 5.69 Å². The number of benzene rings is 2. The summed E-state index contributed by atoms with van der Waals surface area (Å²) >= 11 is 5.94. The first-order valence-electron chi connectivity index (χ1n) is 9.01. The van der Waals surface area contributed by atoms with Crippen molar-refractivity contribution >= 4 is 34.7 Å². The molecule has 1 N–H and O–H groups in total. The van der Waals surface area contributed by atoms with E-state index in [1.54, 1.807) is 54.9 Å². The Labute approximate surface area is 172 Å². The van der Waals surface area contributed by atoms with Crippen molar-refractivity contribution in [1.29, 1.82) is 0 Å². The number of aromatic nitrogens is 1. The van der Waals surface area contributed by atoms with Gasteiger partial charge in [-0.25, -0.2) is 0 Å². The Morgan fingerprint density at radius 2 is 1.72 bits per heavy atom. The average molecular weight is 405 g/mol. The van der Waals surface area contributed by atoms with Gasteiger partial charge in [0.15, 0.2) is 0 Å². The van der Waals surface area contributed by atoms with E-state index in [0.29, 0.717) is 21.8 Å². The molecule has 1 saturated heterocycles. The predicted octanol–water partition coefficient (Wildman–Crippen LogP) is 4.67. The fraction of sp³-hybridized carbons (Fsp3) is 0.0870. The lowest BCUT2D eigenvalue weighted by atomic mass is 9.95. The van der Waals surface area contributed by atoms with Gasteiger partial charge in [-0.2, -0.15) is 0 Å². The van der Waals surface area contributed by atoms with Crippen molar-refractivity contribution in [3.63, 3.8) is 0 Å². The third kappa shape index (κ3) is 3.41. The maximum absolute atomic E-state index is 13.0. The van der Waals surface area contributed by atoms with E-state index in [2.05, 4.69) is 4.98 Å². The molecule has 1 amide bonds. The van der Waals surface area contributed by atoms with Crippen molar-refractivity contribution in [3.05, 3.63) is 100 Å². The number of anilines is 1. The summed E-state index contributed by atoms with van der Waals surface area (Å²) in [6, 6.07) is 16.5. The molecule has 1 atom stereocenters. The SMILES string of the molecule is Cc1cccc(N2C(=O)C(=O)/C(=C(/O)c3ccc(Cl)cc3)C2c2ccncc2)c1. The lowest BCUT2D eigenvalue weighted by Crippen LogP contribution is -2.29. The molecule has 3 aromatic rings. The summed E-state index contributed by atoms with van der Waals surface area (Å²) in [5, 5.41) is 11.5. The van der Waals surface area contributed by atoms with Crippen molar-refractivity contribution in [3.8, 4) is 0 Å². The van der Waals surface area contributed by atoms with E-state index in [1.807, 2.05) is 25.1 Å². The smallest absolute Gasteiger partial charge is 0.300 e. The molecule has 0 saturated carbocycles. The first-order valence-corrected chi connectivity index (χ1v) is 9.38. The maximum Gasteiger partial charge on any atom is 0.300 e. The Morgan fingerprint density at radius 3 is 2.38 bits per heavy atom. The summed E-state index contributed by atoms with van der Waals surface area (Å²) in [7, 11) is 0. The molecular weight excluding hydrogens is 388 g/mol. The largest absolute Gasteiger partial charge is 0.507 e. The number of nitrogens with zero attached hydrogens (tertiary/aromatic N) is 2. The number of Topliss-reactive ketones (excluding diaryl/α,β-unsaturated/α-hetero) is 1. The van der Waals surface area contributed by atoms with Crippen molar-refractivity contribution in [2.24, 2.45) is 0 Å². The second kappa shape index (κ2) is 7.53. The third-order valence-corrected chi connectivity index (χ3v) is 5.12. The number of aliphatic hydroxyl groups excluding tert-OH is 1. The van der Waals surface area contributed by atoms with Crippen LogP contribution in [0.5, 0.6) is 0 Å². The standard InChI is InChI=1S/C23H17ClN2O3/c1-14-3-2-4-18(13-14)26-20(15-9-11-25-12-10-15)19(22(28)23(26)29)21(27)16-5-7-17(24)8-6-16/h2-13,20,27H,1H3/b21-19+. The van der Waals surface area contributed by atoms with Gasteiger partial charge in [0.05, 0.1) is 11.6 Å². The van der Waals surface area contributed by atoms with Crippen molar-refractivity contribution < 1.29 is 14.7 Å². The van der Waals surface area contributed by atoms with Crippen LogP contribution in [0.2, 0.25) is 5.02 Å². The number of carbonyl (C=O) groups excluding carboxylic acids is 2. The quantitative estimate of drug-likeness (QED) is 0.391. The molecule has 2 heterocycles. The van der Waals surface area contributed by atoms with Gasteiger partial charge in [0.2, 0.25) is 0 Å². The second-order valence-electron chi connectivity index (χ2n) is 6.80. The lowest BCUT2D eigenvalue weighted by molar-refractivity contribution is -0.132. The summed E-state index contributed by atoms with van der Waals surface area (Å²) in [4.78, 5) is 31.4. The first kappa shape index (κ1) is 18.9. The molecule has 6 heteroatoms. The highest BCUT2D eigenvalue weighted by Crippen LogP contribution is 2.42. The van der Waals surface area contributed by atoms with E-state index in [0.717, 1.165) is 5.56 Å². The molecule has 0 radical (unpaired) electrons. The van der Waals surface area contributed by atoms with E-state index in [4.69, 9.17) is 11.6 Å². The molecule has 0 aliphatic carbocycles. The van der Waals surface area contributed by atoms with Gasteiger partial charge in [0.25, 0.3) is 11.7 Å². The lowest BCUT2D eigenvalue weighted by Gasteiger charge is -2.25. The van der Waals surface area contributed by atoms with Gasteiger partial charge in [0.1, 0.15) is 5.76 Å². The van der Waals surface area contributed by atoms with Gasteiger partial charge in [0, 0.05) is 28.7 Å². The molecular formula is C23H17ClN2O3. The summed E-state index contributed by atoms with van der Waals surface area (Å²) < 4.78 is 0. The number of halogens is 1. The minimum Gasteiger partial charge on any atom is -0.507 e. The van der Waals surface area contributed by atoms with Gasteiger partial charge >= 0.3 is 0 Å². The van der Waals surface area contributed by atoms with Crippen LogP contribution in [0.1, 0.15) is 22.7 Å². The monoisotopic (exact) mass is 404 g/mol. The van der Waals surface area contributed by atoms with E-state index >= 15 is 0 Å². The minimum absolute atomic E-state index is 0.0324. The average Bonchev–Trinajstić information content (AvgIpc) is 2.99. The zero-order valence-corrected chi connectivity index (χ0v) is 16.3. The normalized spacial score (nSPS) is 18.3. The van der Waals surface area contributed by atoms with Crippen LogP contribution in [0.3, 0.4) is 0 Å². The number of hydrogen-bond acceptors (Lipinski definition) is 4. The van der Waals surface area contributed by atoms with Crippen molar-refractivity contribution in [2.75, 3.05) is 4.90 Å². The van der Waals surface area contributed by atoms with Crippen molar-refractivity contribution in [1.82, 2.24) is 4.98 Å². The van der Waals surface area contributed by atoms with Crippen LogP contribution < -0.4 is 4.90 Å². The summed E-state index contributed by atoms with van der Waals surface area (Å²) in [6.45, 7) is 1.91. The van der Waals surface area contributed by atoms with Gasteiger partial charge < -0.3 is 5.11 Å². The van der Waals surface area contributed by atoms with Crippen molar-refractivity contribution in [2.45, 2.75) is 13.0 Å². The zero-order valence-electron chi connectivity index (χ0n) is 15.5.